The number of amides is 2. The van der Waals surface area contributed by atoms with Crippen molar-refractivity contribution in [3.63, 3.8) is 0 Å². The second-order valence-electron chi connectivity index (χ2n) is 6.73. The fourth-order valence-electron chi connectivity index (χ4n) is 3.18. The predicted octanol–water partition coefficient (Wildman–Crippen LogP) is 2.74. The van der Waals surface area contributed by atoms with Crippen molar-refractivity contribution in [2.75, 3.05) is 11.9 Å². The molecule has 0 radical (unpaired) electrons. The van der Waals surface area contributed by atoms with Gasteiger partial charge in [0.1, 0.15) is 11.9 Å². The number of alkyl carbamates (subject to hydrolysis) is 1. The van der Waals surface area contributed by atoms with Gasteiger partial charge < -0.3 is 19.9 Å². The van der Waals surface area contributed by atoms with Gasteiger partial charge in [0.05, 0.1) is 12.6 Å². The Morgan fingerprint density at radius 2 is 2.30 bits per heavy atom. The Bertz CT molecular complexity index is 743. The summed E-state index contributed by atoms with van der Waals surface area (Å²) in [4.78, 5) is 23.7. The second-order valence-corrected chi connectivity index (χ2v) is 6.73. The number of ether oxygens (including phenoxy) is 1. The number of unbranched alkanes of at least 4 members (excludes halogenated alkanes) is 1. The van der Waals surface area contributed by atoms with Gasteiger partial charge in [-0.05, 0) is 25.7 Å². The van der Waals surface area contributed by atoms with Crippen LogP contribution in [-0.4, -0.2) is 40.0 Å². The van der Waals surface area contributed by atoms with E-state index >= 15 is 0 Å². The number of hydrogen-bond acceptors (Lipinski definition) is 6. The van der Waals surface area contributed by atoms with Crippen LogP contribution in [0.4, 0.5) is 10.6 Å². The second kappa shape index (κ2) is 9.20. The number of carbonyl (C=O) groups is 2. The molecule has 2 amide bonds. The zero-order valence-electron chi connectivity index (χ0n) is 15.4. The highest BCUT2D eigenvalue weighted by atomic mass is 16.6. The molecular formula is C18H25N5O4. The SMILES string of the molecule is CCCCNC(=O)O[C@@H]1CC[C@H](c2cc(NC(=O)Cc3ccno3)n[nH]2)C1. The first-order valence-electron chi connectivity index (χ1n) is 9.33. The lowest BCUT2D eigenvalue weighted by atomic mass is 10.0. The van der Waals surface area contributed by atoms with E-state index in [2.05, 4.69) is 32.9 Å². The summed E-state index contributed by atoms with van der Waals surface area (Å²) in [7, 11) is 0. The van der Waals surface area contributed by atoms with E-state index in [1.807, 2.05) is 6.07 Å². The van der Waals surface area contributed by atoms with Gasteiger partial charge in [0.15, 0.2) is 5.82 Å². The lowest BCUT2D eigenvalue weighted by Crippen LogP contribution is -2.28. The van der Waals surface area contributed by atoms with Crippen molar-refractivity contribution < 1.29 is 18.8 Å². The van der Waals surface area contributed by atoms with Gasteiger partial charge in [-0.3, -0.25) is 9.89 Å². The monoisotopic (exact) mass is 375 g/mol. The quantitative estimate of drug-likeness (QED) is 0.610. The average Bonchev–Trinajstić information content (AvgIpc) is 3.37. The Balaban J connectivity index is 1.44. The summed E-state index contributed by atoms with van der Waals surface area (Å²) in [5.41, 5.74) is 0.933. The number of anilines is 1. The summed E-state index contributed by atoms with van der Waals surface area (Å²) in [6.07, 6.45) is 5.60. The lowest BCUT2D eigenvalue weighted by molar-refractivity contribution is -0.115. The first kappa shape index (κ1) is 18.9. The maximum atomic E-state index is 12.0. The van der Waals surface area contributed by atoms with E-state index in [1.54, 1.807) is 6.07 Å². The molecule has 1 saturated carbocycles. The van der Waals surface area contributed by atoms with Crippen LogP contribution < -0.4 is 10.6 Å². The molecular weight excluding hydrogens is 350 g/mol. The van der Waals surface area contributed by atoms with Crippen LogP contribution in [0.5, 0.6) is 0 Å². The number of nitrogens with zero attached hydrogens (tertiary/aromatic N) is 2. The van der Waals surface area contributed by atoms with E-state index in [0.29, 0.717) is 18.1 Å². The molecule has 27 heavy (non-hydrogen) atoms. The van der Waals surface area contributed by atoms with Crippen molar-refractivity contribution in [2.24, 2.45) is 0 Å². The first-order chi connectivity index (χ1) is 13.1. The van der Waals surface area contributed by atoms with Crippen LogP contribution in [-0.2, 0) is 16.0 Å². The molecule has 9 heteroatoms. The lowest BCUT2D eigenvalue weighted by Gasteiger charge is -2.13. The topological polar surface area (TPSA) is 122 Å². The standard InChI is InChI=1S/C18H25N5O4/c1-2-3-7-19-18(25)26-13-5-4-12(9-13)15-11-16(23-22-15)21-17(24)10-14-6-8-20-27-14/h6,8,11-13H,2-5,7,9-10H2,1H3,(H,19,25)(H2,21,22,23,24)/t12-,13+/m0/s1. The van der Waals surface area contributed by atoms with Gasteiger partial charge in [-0.15, -0.1) is 0 Å². The number of nitrogens with one attached hydrogen (secondary N) is 3. The van der Waals surface area contributed by atoms with Crippen LogP contribution in [0.25, 0.3) is 0 Å². The van der Waals surface area contributed by atoms with Crippen LogP contribution >= 0.6 is 0 Å². The van der Waals surface area contributed by atoms with Gasteiger partial charge in [0, 0.05) is 30.3 Å². The summed E-state index contributed by atoms with van der Waals surface area (Å²) >= 11 is 0. The van der Waals surface area contributed by atoms with Crippen LogP contribution in [0.3, 0.4) is 0 Å². The smallest absolute Gasteiger partial charge is 0.407 e. The maximum Gasteiger partial charge on any atom is 0.407 e. The third-order valence-electron chi connectivity index (χ3n) is 4.59. The molecule has 146 valence electrons. The molecule has 2 heterocycles. The highest BCUT2D eigenvalue weighted by molar-refractivity contribution is 5.91. The Morgan fingerprint density at radius 3 is 3.07 bits per heavy atom. The van der Waals surface area contributed by atoms with E-state index < -0.39 is 0 Å². The summed E-state index contributed by atoms with van der Waals surface area (Å²) < 4.78 is 10.4. The molecule has 0 saturated heterocycles. The van der Waals surface area contributed by atoms with Gasteiger partial charge in [-0.1, -0.05) is 18.5 Å². The van der Waals surface area contributed by atoms with Crippen molar-refractivity contribution in [1.82, 2.24) is 20.7 Å². The van der Waals surface area contributed by atoms with Crippen molar-refractivity contribution in [3.05, 3.63) is 29.8 Å². The molecule has 0 aromatic carbocycles. The zero-order valence-corrected chi connectivity index (χ0v) is 15.4. The minimum Gasteiger partial charge on any atom is -0.446 e. The van der Waals surface area contributed by atoms with Gasteiger partial charge in [-0.25, -0.2) is 4.79 Å². The molecule has 1 fully saturated rings. The number of aromatic amines is 1. The Hall–Kier alpha value is -2.84. The molecule has 0 bridgehead atoms. The average molecular weight is 375 g/mol. The van der Waals surface area contributed by atoms with Crippen LogP contribution in [0.2, 0.25) is 0 Å². The molecule has 3 rings (SSSR count). The predicted molar refractivity (Wildman–Crippen MR) is 97.2 cm³/mol. The van der Waals surface area contributed by atoms with Crippen molar-refractivity contribution in [3.8, 4) is 0 Å². The maximum absolute atomic E-state index is 12.0. The summed E-state index contributed by atoms with van der Waals surface area (Å²) in [6.45, 7) is 2.72. The first-order valence-corrected chi connectivity index (χ1v) is 9.33. The molecule has 0 spiro atoms. The molecule has 2 atom stereocenters. The van der Waals surface area contributed by atoms with E-state index in [1.165, 1.54) is 6.20 Å². The molecule has 1 aliphatic carbocycles. The van der Waals surface area contributed by atoms with Crippen LogP contribution in [0.1, 0.15) is 56.4 Å². The van der Waals surface area contributed by atoms with Crippen molar-refractivity contribution in [1.29, 1.82) is 0 Å². The Kier molecular flexibility index (Phi) is 6.45. The van der Waals surface area contributed by atoms with Gasteiger partial charge >= 0.3 is 6.09 Å². The molecule has 2 aromatic heterocycles. The van der Waals surface area contributed by atoms with E-state index in [4.69, 9.17) is 9.26 Å². The number of aromatic nitrogens is 3. The number of carbonyl (C=O) groups excluding carboxylic acids is 2. The molecule has 1 aliphatic rings. The minimum absolute atomic E-state index is 0.0931. The number of hydrogen-bond donors (Lipinski definition) is 3. The fraction of sp³-hybridized carbons (Fsp3) is 0.556. The Morgan fingerprint density at radius 1 is 1.41 bits per heavy atom. The molecule has 3 N–H and O–H groups in total. The highest BCUT2D eigenvalue weighted by Crippen LogP contribution is 2.35. The van der Waals surface area contributed by atoms with E-state index in [9.17, 15) is 9.59 Å². The van der Waals surface area contributed by atoms with E-state index in [-0.39, 0.29) is 30.4 Å². The normalized spacial score (nSPS) is 19.0. The fourth-order valence-corrected chi connectivity index (χ4v) is 3.18. The summed E-state index contributed by atoms with van der Waals surface area (Å²) in [6, 6.07) is 3.47. The Labute approximate surface area is 157 Å². The van der Waals surface area contributed by atoms with Crippen LogP contribution in [0, 0.1) is 0 Å². The number of rotatable bonds is 8. The van der Waals surface area contributed by atoms with Gasteiger partial charge in [0.2, 0.25) is 5.91 Å². The summed E-state index contributed by atoms with van der Waals surface area (Å²) in [5.74, 6) is 0.972. The number of H-pyrrole nitrogens is 1. The van der Waals surface area contributed by atoms with Gasteiger partial charge in [0.25, 0.3) is 0 Å². The molecule has 0 aliphatic heterocycles. The van der Waals surface area contributed by atoms with Gasteiger partial charge in [-0.2, -0.15) is 5.10 Å². The van der Waals surface area contributed by atoms with Crippen LogP contribution in [0.15, 0.2) is 22.9 Å². The highest BCUT2D eigenvalue weighted by Gasteiger charge is 2.30. The zero-order chi connectivity index (χ0) is 19.1. The molecule has 9 nitrogen and oxygen atoms in total. The van der Waals surface area contributed by atoms with Crippen molar-refractivity contribution in [2.45, 2.75) is 57.5 Å². The third-order valence-corrected chi connectivity index (χ3v) is 4.59. The molecule has 0 unspecified atom stereocenters. The third kappa shape index (κ3) is 5.57. The molecule has 2 aromatic rings. The van der Waals surface area contributed by atoms with Crippen molar-refractivity contribution >= 4 is 17.8 Å². The largest absolute Gasteiger partial charge is 0.446 e. The minimum atomic E-state index is -0.348. The summed E-state index contributed by atoms with van der Waals surface area (Å²) in [5, 5.41) is 16.2. The van der Waals surface area contributed by atoms with E-state index in [0.717, 1.165) is 37.8 Å².